The molecule has 33 heavy (non-hydrogen) atoms. The lowest BCUT2D eigenvalue weighted by Gasteiger charge is -2.21. The monoisotopic (exact) mass is 457 g/mol. The molecule has 1 aliphatic heterocycles. The maximum Gasteiger partial charge on any atom is 0.233 e. The second-order valence-electron chi connectivity index (χ2n) is 7.78. The van der Waals surface area contributed by atoms with Crippen LogP contribution in [0.1, 0.15) is 5.56 Å². The van der Waals surface area contributed by atoms with E-state index in [-0.39, 0.29) is 11.7 Å². The molecule has 0 bridgehead atoms. The van der Waals surface area contributed by atoms with Crippen molar-refractivity contribution in [2.75, 3.05) is 26.0 Å². The Hall–Kier alpha value is -3.58. The average molecular weight is 458 g/mol. The molecular formula is C26H23N3O3S. The molecular weight excluding hydrogens is 434 g/mol. The summed E-state index contributed by atoms with van der Waals surface area (Å²) in [5, 5.41) is 11.7. The van der Waals surface area contributed by atoms with E-state index in [1.165, 1.54) is 11.8 Å². The predicted octanol–water partition coefficient (Wildman–Crippen LogP) is 4.82. The number of carbonyl (C=O) groups is 1. The molecule has 2 heterocycles. The van der Waals surface area contributed by atoms with Crippen LogP contribution in [0.15, 0.2) is 77.8 Å². The fourth-order valence-electron chi connectivity index (χ4n) is 3.78. The Bertz CT molecular complexity index is 1300. The van der Waals surface area contributed by atoms with E-state index in [1.54, 1.807) is 4.90 Å². The fourth-order valence-corrected chi connectivity index (χ4v) is 4.70. The van der Waals surface area contributed by atoms with Crippen molar-refractivity contribution in [1.82, 2.24) is 15.1 Å². The number of aromatic nitrogens is 2. The Labute approximate surface area is 196 Å². The summed E-state index contributed by atoms with van der Waals surface area (Å²) in [6.07, 6.45) is 0. The minimum Gasteiger partial charge on any atom is -0.486 e. The third-order valence-corrected chi connectivity index (χ3v) is 6.45. The molecule has 0 fully saturated rings. The molecule has 0 saturated heterocycles. The van der Waals surface area contributed by atoms with Crippen molar-refractivity contribution in [3.8, 4) is 22.8 Å². The third-order valence-electron chi connectivity index (χ3n) is 5.49. The number of carbonyl (C=O) groups excluding carboxylic acids is 1. The summed E-state index contributed by atoms with van der Waals surface area (Å²) in [4.78, 5) is 14.5. The summed E-state index contributed by atoms with van der Waals surface area (Å²) in [7, 11) is 1.81. The Morgan fingerprint density at radius 2 is 1.64 bits per heavy atom. The number of rotatable bonds is 6. The first-order chi connectivity index (χ1) is 16.2. The average Bonchev–Trinajstić information content (AvgIpc) is 2.87. The fraction of sp³-hybridized carbons (Fsp3) is 0.192. The zero-order chi connectivity index (χ0) is 22.6. The molecule has 0 radical (unpaired) electrons. The van der Waals surface area contributed by atoms with Gasteiger partial charge in [-0.2, -0.15) is 0 Å². The van der Waals surface area contributed by atoms with Crippen LogP contribution in [-0.2, 0) is 11.3 Å². The molecule has 0 atom stereocenters. The third kappa shape index (κ3) is 4.64. The first-order valence-corrected chi connectivity index (χ1v) is 11.7. The summed E-state index contributed by atoms with van der Waals surface area (Å²) in [6, 6.07) is 23.9. The Kier molecular flexibility index (Phi) is 6.13. The smallest absolute Gasteiger partial charge is 0.233 e. The van der Waals surface area contributed by atoms with Gasteiger partial charge in [0.05, 0.1) is 5.75 Å². The molecule has 166 valence electrons. The Morgan fingerprint density at radius 1 is 0.909 bits per heavy atom. The lowest BCUT2D eigenvalue weighted by molar-refractivity contribution is -0.127. The molecule has 0 N–H and O–H groups in total. The van der Waals surface area contributed by atoms with E-state index < -0.39 is 0 Å². The molecule has 4 aromatic rings. The van der Waals surface area contributed by atoms with Crippen molar-refractivity contribution >= 4 is 28.4 Å². The quantitative estimate of drug-likeness (QED) is 0.387. The Morgan fingerprint density at radius 3 is 2.45 bits per heavy atom. The van der Waals surface area contributed by atoms with Gasteiger partial charge in [0.1, 0.15) is 23.9 Å². The van der Waals surface area contributed by atoms with Crippen LogP contribution < -0.4 is 9.47 Å². The van der Waals surface area contributed by atoms with Crippen LogP contribution in [0, 0.1) is 0 Å². The highest BCUT2D eigenvalue weighted by atomic mass is 32.2. The van der Waals surface area contributed by atoms with E-state index in [9.17, 15) is 4.79 Å². The van der Waals surface area contributed by atoms with Crippen LogP contribution in [0.3, 0.4) is 0 Å². The maximum atomic E-state index is 12.8. The second kappa shape index (κ2) is 9.50. The largest absolute Gasteiger partial charge is 0.486 e. The zero-order valence-corrected chi connectivity index (χ0v) is 19.0. The highest BCUT2D eigenvalue weighted by Gasteiger charge is 2.16. The van der Waals surface area contributed by atoms with Crippen LogP contribution in [-0.4, -0.2) is 47.0 Å². The lowest BCUT2D eigenvalue weighted by atomic mass is 10.1. The number of amides is 1. The summed E-state index contributed by atoms with van der Waals surface area (Å²) in [5.74, 6) is 1.78. The van der Waals surface area contributed by atoms with Crippen molar-refractivity contribution in [1.29, 1.82) is 0 Å². The van der Waals surface area contributed by atoms with Gasteiger partial charge in [0.15, 0.2) is 11.5 Å². The van der Waals surface area contributed by atoms with Gasteiger partial charge in [-0.3, -0.25) is 4.79 Å². The predicted molar refractivity (Wildman–Crippen MR) is 130 cm³/mol. The zero-order valence-electron chi connectivity index (χ0n) is 18.2. The molecule has 1 aliphatic rings. The van der Waals surface area contributed by atoms with Gasteiger partial charge in [-0.05, 0) is 17.7 Å². The van der Waals surface area contributed by atoms with Gasteiger partial charge in [-0.15, -0.1) is 10.2 Å². The van der Waals surface area contributed by atoms with Crippen molar-refractivity contribution in [3.05, 3.63) is 78.4 Å². The first kappa shape index (κ1) is 21.3. The molecule has 0 aliphatic carbocycles. The Balaban J connectivity index is 1.29. The van der Waals surface area contributed by atoms with E-state index in [2.05, 4.69) is 10.2 Å². The number of fused-ring (bicyclic) bond motifs is 2. The molecule has 1 amide bonds. The topological polar surface area (TPSA) is 64.6 Å². The lowest BCUT2D eigenvalue weighted by Crippen LogP contribution is -2.28. The molecule has 3 aromatic carbocycles. The first-order valence-electron chi connectivity index (χ1n) is 10.7. The number of thioether (sulfide) groups is 1. The number of hydrogen-bond donors (Lipinski definition) is 0. The summed E-state index contributed by atoms with van der Waals surface area (Å²) >= 11 is 1.41. The summed E-state index contributed by atoms with van der Waals surface area (Å²) < 4.78 is 11.2. The van der Waals surface area contributed by atoms with Crippen molar-refractivity contribution < 1.29 is 14.3 Å². The standard InChI is InChI=1S/C26H23N3O3S/c1-29(16-18-11-12-22-23(15-18)32-14-13-31-22)24(30)17-33-26-21-10-6-5-9-20(21)25(27-28-26)19-7-3-2-4-8-19/h2-12,15H,13-14,16-17H2,1H3. The van der Waals surface area contributed by atoms with E-state index in [0.29, 0.717) is 19.8 Å². The summed E-state index contributed by atoms with van der Waals surface area (Å²) in [5.41, 5.74) is 2.86. The van der Waals surface area contributed by atoms with Gasteiger partial charge in [0.25, 0.3) is 0 Å². The number of nitrogens with zero attached hydrogens (tertiary/aromatic N) is 3. The van der Waals surface area contributed by atoms with Crippen LogP contribution in [0.5, 0.6) is 11.5 Å². The molecule has 0 unspecified atom stereocenters. The van der Waals surface area contributed by atoms with Gasteiger partial charge >= 0.3 is 0 Å². The van der Waals surface area contributed by atoms with Crippen LogP contribution >= 0.6 is 11.8 Å². The minimum atomic E-state index is 0.0212. The van der Waals surface area contributed by atoms with Crippen molar-refractivity contribution in [2.24, 2.45) is 0 Å². The van der Waals surface area contributed by atoms with Crippen LogP contribution in [0.25, 0.3) is 22.0 Å². The highest BCUT2D eigenvalue weighted by molar-refractivity contribution is 8.00. The van der Waals surface area contributed by atoms with Gasteiger partial charge in [-0.25, -0.2) is 0 Å². The second-order valence-corrected chi connectivity index (χ2v) is 8.75. The molecule has 7 heteroatoms. The molecule has 5 rings (SSSR count). The normalized spacial score (nSPS) is 12.5. The van der Waals surface area contributed by atoms with Gasteiger partial charge in [0, 0.05) is 29.9 Å². The van der Waals surface area contributed by atoms with E-state index >= 15 is 0 Å². The SMILES string of the molecule is CN(Cc1ccc2c(c1)OCCO2)C(=O)CSc1nnc(-c2ccccc2)c2ccccc12. The van der Waals surface area contributed by atoms with E-state index in [1.807, 2.05) is 79.8 Å². The van der Waals surface area contributed by atoms with Crippen molar-refractivity contribution in [2.45, 2.75) is 11.6 Å². The molecule has 0 saturated carbocycles. The molecule has 0 spiro atoms. The number of hydrogen-bond acceptors (Lipinski definition) is 6. The highest BCUT2D eigenvalue weighted by Crippen LogP contribution is 2.33. The van der Waals surface area contributed by atoms with Crippen LogP contribution in [0.4, 0.5) is 0 Å². The summed E-state index contributed by atoms with van der Waals surface area (Å²) in [6.45, 7) is 1.60. The van der Waals surface area contributed by atoms with Gasteiger partial charge < -0.3 is 14.4 Å². The molecule has 1 aromatic heterocycles. The van der Waals surface area contributed by atoms with Crippen molar-refractivity contribution in [3.63, 3.8) is 0 Å². The van der Waals surface area contributed by atoms with E-state index in [0.717, 1.165) is 44.1 Å². The maximum absolute atomic E-state index is 12.8. The molecule has 6 nitrogen and oxygen atoms in total. The van der Waals surface area contributed by atoms with Crippen LogP contribution in [0.2, 0.25) is 0 Å². The van der Waals surface area contributed by atoms with E-state index in [4.69, 9.17) is 9.47 Å². The number of ether oxygens (including phenoxy) is 2. The minimum absolute atomic E-state index is 0.0212. The van der Waals surface area contributed by atoms with Gasteiger partial charge in [0.2, 0.25) is 5.91 Å². The van der Waals surface area contributed by atoms with Gasteiger partial charge in [-0.1, -0.05) is 72.4 Å². The number of benzene rings is 3.